The van der Waals surface area contributed by atoms with Crippen LogP contribution in [-0.2, 0) is 12.8 Å². The third-order valence-corrected chi connectivity index (χ3v) is 8.18. The van der Waals surface area contributed by atoms with Gasteiger partial charge in [-0.05, 0) is 93.1 Å². The van der Waals surface area contributed by atoms with Crippen molar-refractivity contribution in [2.75, 3.05) is 0 Å². The lowest BCUT2D eigenvalue weighted by Gasteiger charge is -2.15. The van der Waals surface area contributed by atoms with Crippen molar-refractivity contribution in [1.29, 1.82) is 0 Å². The highest BCUT2D eigenvalue weighted by atomic mass is 15.0. The van der Waals surface area contributed by atoms with Gasteiger partial charge in [-0.1, -0.05) is 66.7 Å². The van der Waals surface area contributed by atoms with Gasteiger partial charge in [-0.15, -0.1) is 0 Å². The van der Waals surface area contributed by atoms with Gasteiger partial charge in [0.2, 0.25) is 0 Å². The minimum atomic E-state index is 0.988. The molecule has 0 aliphatic heterocycles. The summed E-state index contributed by atoms with van der Waals surface area (Å²) in [4.78, 5) is 5.17. The molecule has 2 aliphatic carbocycles. The fraction of sp³-hybridized carbons (Fsp3) is 0.0606. The van der Waals surface area contributed by atoms with Crippen LogP contribution in [0.4, 0.5) is 0 Å². The standard InChI is InChI=1S/C33H20N2/c1-3-9-23-19(7-1)16-22-17-27-26(18-25(22)23)32-30(35-29-12-6-5-11-28(29)34-33(27)35)14-13-21-15-20-8-2-4-10-24(20)31(21)32/h1-14,17-18H,15-16H2. The molecule has 0 N–H and O–H groups in total. The first-order chi connectivity index (χ1) is 17.3. The molecule has 0 saturated heterocycles. The number of hydrogen-bond acceptors (Lipinski definition) is 1. The van der Waals surface area contributed by atoms with Crippen LogP contribution in [0, 0.1) is 0 Å². The Kier molecular flexibility index (Phi) is 3.16. The second kappa shape index (κ2) is 6.17. The predicted molar refractivity (Wildman–Crippen MR) is 144 cm³/mol. The van der Waals surface area contributed by atoms with E-state index in [9.17, 15) is 0 Å². The van der Waals surface area contributed by atoms with E-state index in [1.54, 1.807) is 0 Å². The fourth-order valence-corrected chi connectivity index (χ4v) is 6.70. The maximum Gasteiger partial charge on any atom is 0.146 e. The van der Waals surface area contributed by atoms with E-state index in [0.717, 1.165) is 24.0 Å². The number of fused-ring (bicyclic) bond motifs is 15. The molecule has 2 heterocycles. The molecule has 0 spiro atoms. The number of para-hydroxylation sites is 2. The van der Waals surface area contributed by atoms with Gasteiger partial charge in [0.25, 0.3) is 0 Å². The van der Waals surface area contributed by atoms with Crippen molar-refractivity contribution in [3.8, 4) is 22.3 Å². The molecule has 5 aromatic carbocycles. The molecular formula is C33H20N2. The molecule has 162 valence electrons. The number of rotatable bonds is 0. The average molecular weight is 445 g/mol. The Morgan fingerprint density at radius 2 is 1.29 bits per heavy atom. The minimum absolute atomic E-state index is 0.988. The van der Waals surface area contributed by atoms with E-state index < -0.39 is 0 Å². The van der Waals surface area contributed by atoms with E-state index >= 15 is 0 Å². The molecule has 35 heavy (non-hydrogen) atoms. The monoisotopic (exact) mass is 444 g/mol. The molecule has 9 rings (SSSR count). The maximum atomic E-state index is 5.17. The second-order valence-corrected chi connectivity index (χ2v) is 9.98. The third kappa shape index (κ3) is 2.18. The molecule has 2 nitrogen and oxygen atoms in total. The van der Waals surface area contributed by atoms with Gasteiger partial charge in [-0.3, -0.25) is 4.40 Å². The molecule has 0 fully saturated rings. The zero-order valence-electron chi connectivity index (χ0n) is 19.0. The Bertz CT molecular complexity index is 2060. The fourth-order valence-electron chi connectivity index (χ4n) is 6.70. The third-order valence-electron chi connectivity index (χ3n) is 8.18. The lowest BCUT2D eigenvalue weighted by Crippen LogP contribution is -1.95. The van der Waals surface area contributed by atoms with Crippen molar-refractivity contribution in [2.45, 2.75) is 12.8 Å². The SMILES string of the molecule is c1ccc2c(c1)Cc1cc3c(cc1-2)c1c2c(ccc1n1c4ccccc4nc31)Cc1ccccc1-2. The first-order valence-corrected chi connectivity index (χ1v) is 12.3. The number of imidazole rings is 1. The number of benzene rings is 5. The van der Waals surface area contributed by atoms with Gasteiger partial charge in [0.15, 0.2) is 0 Å². The molecule has 0 amide bonds. The molecule has 0 atom stereocenters. The van der Waals surface area contributed by atoms with E-state index in [-0.39, 0.29) is 0 Å². The van der Waals surface area contributed by atoms with E-state index in [0.29, 0.717) is 0 Å². The lowest BCUT2D eigenvalue weighted by molar-refractivity contribution is 1.25. The molecule has 2 aromatic heterocycles. The molecule has 0 bridgehead atoms. The summed E-state index contributed by atoms with van der Waals surface area (Å²) in [5.74, 6) is 0. The molecule has 2 heteroatoms. The number of aromatic nitrogens is 2. The summed E-state index contributed by atoms with van der Waals surface area (Å²) < 4.78 is 2.39. The second-order valence-electron chi connectivity index (χ2n) is 9.98. The normalized spacial score (nSPS) is 13.5. The number of hydrogen-bond donors (Lipinski definition) is 0. The van der Waals surface area contributed by atoms with Crippen LogP contribution in [0.15, 0.2) is 97.1 Å². The van der Waals surface area contributed by atoms with Crippen molar-refractivity contribution >= 4 is 38.4 Å². The summed E-state index contributed by atoms with van der Waals surface area (Å²) in [7, 11) is 0. The van der Waals surface area contributed by atoms with Crippen LogP contribution in [0.25, 0.3) is 60.6 Å². The van der Waals surface area contributed by atoms with Crippen LogP contribution in [0.1, 0.15) is 22.3 Å². The summed E-state index contributed by atoms with van der Waals surface area (Å²) in [6.45, 7) is 0. The van der Waals surface area contributed by atoms with Gasteiger partial charge < -0.3 is 0 Å². The van der Waals surface area contributed by atoms with Crippen molar-refractivity contribution in [1.82, 2.24) is 9.38 Å². The summed E-state index contributed by atoms with van der Waals surface area (Å²) in [6, 6.07) is 35.8. The Labute approximate surface area is 202 Å². The van der Waals surface area contributed by atoms with Crippen molar-refractivity contribution in [3.05, 3.63) is 119 Å². The zero-order valence-corrected chi connectivity index (χ0v) is 19.0. The highest BCUT2D eigenvalue weighted by Gasteiger charge is 2.26. The first-order valence-electron chi connectivity index (χ1n) is 12.3. The number of nitrogens with zero attached hydrogens (tertiary/aromatic N) is 2. The first kappa shape index (κ1) is 18.0. The van der Waals surface area contributed by atoms with Crippen LogP contribution < -0.4 is 0 Å². The molecule has 0 unspecified atom stereocenters. The van der Waals surface area contributed by atoms with Gasteiger partial charge in [-0.2, -0.15) is 0 Å². The smallest absolute Gasteiger partial charge is 0.146 e. The van der Waals surface area contributed by atoms with Gasteiger partial charge >= 0.3 is 0 Å². The van der Waals surface area contributed by atoms with Crippen molar-refractivity contribution in [2.24, 2.45) is 0 Å². The average Bonchev–Trinajstić information content (AvgIpc) is 3.58. The lowest BCUT2D eigenvalue weighted by atomic mass is 9.93. The molecular weight excluding hydrogens is 424 g/mol. The highest BCUT2D eigenvalue weighted by molar-refractivity contribution is 6.21. The van der Waals surface area contributed by atoms with Gasteiger partial charge in [0.05, 0.1) is 16.6 Å². The van der Waals surface area contributed by atoms with Crippen molar-refractivity contribution < 1.29 is 0 Å². The predicted octanol–water partition coefficient (Wildman–Crippen LogP) is 7.94. The summed E-state index contributed by atoms with van der Waals surface area (Å²) >= 11 is 0. The Hall–Kier alpha value is -4.43. The van der Waals surface area contributed by atoms with Crippen LogP contribution >= 0.6 is 0 Å². The minimum Gasteiger partial charge on any atom is -0.292 e. The van der Waals surface area contributed by atoms with Gasteiger partial charge in [0, 0.05) is 10.8 Å². The van der Waals surface area contributed by atoms with Crippen LogP contribution in [0.5, 0.6) is 0 Å². The Balaban J connectivity index is 1.56. The van der Waals surface area contributed by atoms with Crippen LogP contribution in [0.2, 0.25) is 0 Å². The Morgan fingerprint density at radius 3 is 2.20 bits per heavy atom. The highest BCUT2D eigenvalue weighted by Crippen LogP contribution is 2.47. The van der Waals surface area contributed by atoms with Crippen molar-refractivity contribution in [3.63, 3.8) is 0 Å². The summed E-state index contributed by atoms with van der Waals surface area (Å²) in [5, 5.41) is 3.91. The quantitative estimate of drug-likeness (QED) is 0.217. The summed E-state index contributed by atoms with van der Waals surface area (Å²) in [6.07, 6.45) is 1.99. The van der Waals surface area contributed by atoms with E-state index in [1.165, 1.54) is 71.7 Å². The van der Waals surface area contributed by atoms with E-state index in [2.05, 4.69) is 101 Å². The summed E-state index contributed by atoms with van der Waals surface area (Å²) in [5.41, 5.74) is 15.7. The maximum absolute atomic E-state index is 5.17. The topological polar surface area (TPSA) is 17.3 Å². The van der Waals surface area contributed by atoms with Gasteiger partial charge in [0.1, 0.15) is 5.65 Å². The molecule has 7 aromatic rings. The van der Waals surface area contributed by atoms with Crippen LogP contribution in [-0.4, -0.2) is 9.38 Å². The molecule has 0 radical (unpaired) electrons. The number of pyridine rings is 1. The Morgan fingerprint density at radius 1 is 0.543 bits per heavy atom. The van der Waals surface area contributed by atoms with E-state index in [4.69, 9.17) is 4.98 Å². The largest absolute Gasteiger partial charge is 0.292 e. The van der Waals surface area contributed by atoms with Gasteiger partial charge in [-0.25, -0.2) is 4.98 Å². The molecule has 0 saturated carbocycles. The zero-order chi connectivity index (χ0) is 22.7. The van der Waals surface area contributed by atoms with E-state index in [1.807, 2.05) is 0 Å². The van der Waals surface area contributed by atoms with Crippen LogP contribution in [0.3, 0.4) is 0 Å². The molecule has 2 aliphatic rings.